The maximum atomic E-state index is 12.7. The van der Waals surface area contributed by atoms with Gasteiger partial charge in [-0.3, -0.25) is 4.79 Å². The third-order valence-electron chi connectivity index (χ3n) is 5.40. The van der Waals surface area contributed by atoms with Gasteiger partial charge in [-0.15, -0.1) is 0 Å². The van der Waals surface area contributed by atoms with Crippen LogP contribution in [0.1, 0.15) is 18.1 Å². The van der Waals surface area contributed by atoms with E-state index in [1.54, 1.807) is 25.1 Å². The molecule has 1 aliphatic heterocycles. The summed E-state index contributed by atoms with van der Waals surface area (Å²) in [6.45, 7) is 4.64. The van der Waals surface area contributed by atoms with Crippen molar-refractivity contribution in [2.45, 2.75) is 36.2 Å². The van der Waals surface area contributed by atoms with E-state index in [4.69, 9.17) is 9.47 Å². The van der Waals surface area contributed by atoms with Crippen LogP contribution in [0.4, 0.5) is 0 Å². The number of amides is 1. The van der Waals surface area contributed by atoms with Gasteiger partial charge in [0.05, 0.1) is 36.2 Å². The molecule has 10 nitrogen and oxygen atoms in total. The summed E-state index contributed by atoms with van der Waals surface area (Å²) in [7, 11) is -6.01. The second-order valence-corrected chi connectivity index (χ2v) is 11.5. The van der Waals surface area contributed by atoms with Crippen molar-refractivity contribution in [3.05, 3.63) is 53.6 Å². The third kappa shape index (κ3) is 6.13. The molecule has 34 heavy (non-hydrogen) atoms. The first kappa shape index (κ1) is 26.1. The lowest BCUT2D eigenvalue weighted by atomic mass is 10.2. The number of carbonyl (C=O) groups excluding carboxylic acids is 1. The van der Waals surface area contributed by atoms with Crippen molar-refractivity contribution in [3.8, 4) is 5.75 Å². The summed E-state index contributed by atoms with van der Waals surface area (Å²) < 4.78 is 64.7. The highest BCUT2D eigenvalue weighted by molar-refractivity contribution is 7.89. The predicted molar refractivity (Wildman–Crippen MR) is 125 cm³/mol. The van der Waals surface area contributed by atoms with E-state index >= 15 is 0 Å². The molecule has 2 N–H and O–H groups in total. The highest BCUT2D eigenvalue weighted by Crippen LogP contribution is 2.21. The average Bonchev–Trinajstić information content (AvgIpc) is 2.83. The van der Waals surface area contributed by atoms with Crippen LogP contribution in [0.5, 0.6) is 5.75 Å². The minimum atomic E-state index is -3.91. The van der Waals surface area contributed by atoms with Crippen molar-refractivity contribution < 1.29 is 31.1 Å². The van der Waals surface area contributed by atoms with E-state index in [0.717, 1.165) is 0 Å². The van der Waals surface area contributed by atoms with Crippen LogP contribution in [0.3, 0.4) is 0 Å². The summed E-state index contributed by atoms with van der Waals surface area (Å²) >= 11 is 0. The number of aryl methyl sites for hydroxylation is 1. The Morgan fingerprint density at radius 3 is 2.26 bits per heavy atom. The molecule has 1 unspecified atom stereocenters. The largest absolute Gasteiger partial charge is 0.496 e. The molecule has 0 spiro atoms. The number of methoxy groups -OCH3 is 1. The lowest BCUT2D eigenvalue weighted by Gasteiger charge is -2.26. The first-order valence-electron chi connectivity index (χ1n) is 10.7. The van der Waals surface area contributed by atoms with Crippen LogP contribution in [0.2, 0.25) is 0 Å². The smallest absolute Gasteiger partial charge is 0.243 e. The Morgan fingerprint density at radius 2 is 1.68 bits per heavy atom. The molecule has 0 bridgehead atoms. The van der Waals surface area contributed by atoms with E-state index in [1.165, 1.54) is 42.6 Å². The van der Waals surface area contributed by atoms with Crippen LogP contribution in [0.25, 0.3) is 0 Å². The molecule has 1 saturated heterocycles. The second kappa shape index (κ2) is 10.8. The topological polar surface area (TPSA) is 131 Å². The maximum Gasteiger partial charge on any atom is 0.243 e. The highest BCUT2D eigenvalue weighted by Gasteiger charge is 2.26. The molecule has 1 fully saturated rings. The first-order chi connectivity index (χ1) is 16.0. The van der Waals surface area contributed by atoms with Crippen LogP contribution < -0.4 is 14.8 Å². The number of ether oxygens (including phenoxy) is 2. The standard InChI is InChI=1S/C22H29N3O7S2/c1-16-14-20(8-9-21(16)31-3)33(27,28)24-17(2)22(26)23-15-18-4-6-19(7-5-18)34(29,30)25-10-12-32-13-11-25/h4-9,14,17,24H,10-13,15H2,1-3H3,(H,23,26). The lowest BCUT2D eigenvalue weighted by molar-refractivity contribution is -0.122. The molecule has 3 rings (SSSR count). The number of benzene rings is 2. The van der Waals surface area contributed by atoms with E-state index in [-0.39, 0.29) is 16.3 Å². The summed E-state index contributed by atoms with van der Waals surface area (Å²) in [6, 6.07) is 9.62. The normalized spacial score (nSPS) is 16.1. The molecule has 1 aliphatic rings. The Morgan fingerprint density at radius 1 is 1.06 bits per heavy atom. The van der Waals surface area contributed by atoms with Gasteiger partial charge in [0.1, 0.15) is 5.75 Å². The lowest BCUT2D eigenvalue weighted by Crippen LogP contribution is -2.44. The van der Waals surface area contributed by atoms with Crippen LogP contribution in [-0.2, 0) is 36.1 Å². The Hall–Kier alpha value is -2.51. The number of nitrogens with one attached hydrogen (secondary N) is 2. The zero-order valence-electron chi connectivity index (χ0n) is 19.3. The van der Waals surface area contributed by atoms with Gasteiger partial charge in [0.15, 0.2) is 0 Å². The van der Waals surface area contributed by atoms with Crippen molar-refractivity contribution in [3.63, 3.8) is 0 Å². The van der Waals surface area contributed by atoms with Crippen LogP contribution in [0.15, 0.2) is 52.3 Å². The predicted octanol–water partition coefficient (Wildman–Crippen LogP) is 1.01. The summed E-state index contributed by atoms with van der Waals surface area (Å²) in [5.74, 6) is 0.0485. The molecule has 0 aromatic heterocycles. The van der Waals surface area contributed by atoms with E-state index in [2.05, 4.69) is 10.0 Å². The van der Waals surface area contributed by atoms with Gasteiger partial charge in [0.25, 0.3) is 0 Å². The van der Waals surface area contributed by atoms with E-state index in [9.17, 15) is 21.6 Å². The van der Waals surface area contributed by atoms with E-state index in [0.29, 0.717) is 43.2 Å². The molecular weight excluding hydrogens is 482 g/mol. The van der Waals surface area contributed by atoms with Crippen molar-refractivity contribution in [1.29, 1.82) is 0 Å². The number of carbonyl (C=O) groups is 1. The molecule has 1 atom stereocenters. The number of morpholine rings is 1. The van der Waals surface area contributed by atoms with Gasteiger partial charge in [0, 0.05) is 19.6 Å². The minimum Gasteiger partial charge on any atom is -0.496 e. The van der Waals surface area contributed by atoms with Crippen LogP contribution >= 0.6 is 0 Å². The van der Waals surface area contributed by atoms with Crippen molar-refractivity contribution >= 4 is 26.0 Å². The SMILES string of the molecule is COc1ccc(S(=O)(=O)NC(C)C(=O)NCc2ccc(S(=O)(=O)N3CCOCC3)cc2)cc1C. The Bertz CT molecular complexity index is 1220. The van der Waals surface area contributed by atoms with Crippen molar-refractivity contribution in [2.75, 3.05) is 33.4 Å². The number of hydrogen-bond acceptors (Lipinski definition) is 7. The molecular formula is C22H29N3O7S2. The minimum absolute atomic E-state index is 0.0301. The fourth-order valence-corrected chi connectivity index (χ4v) is 6.13. The van der Waals surface area contributed by atoms with Gasteiger partial charge < -0.3 is 14.8 Å². The Labute approximate surface area is 200 Å². The highest BCUT2D eigenvalue weighted by atomic mass is 32.2. The van der Waals surface area contributed by atoms with Gasteiger partial charge in [-0.05, 0) is 55.3 Å². The summed E-state index contributed by atoms with van der Waals surface area (Å²) in [5.41, 5.74) is 1.33. The summed E-state index contributed by atoms with van der Waals surface area (Å²) in [6.07, 6.45) is 0. The van der Waals surface area contributed by atoms with Crippen LogP contribution in [0, 0.1) is 6.92 Å². The fraction of sp³-hybridized carbons (Fsp3) is 0.409. The number of rotatable bonds is 9. The van der Waals surface area contributed by atoms with Crippen molar-refractivity contribution in [1.82, 2.24) is 14.3 Å². The molecule has 12 heteroatoms. The van der Waals surface area contributed by atoms with Crippen molar-refractivity contribution in [2.24, 2.45) is 0 Å². The summed E-state index contributed by atoms with van der Waals surface area (Å²) in [4.78, 5) is 12.7. The summed E-state index contributed by atoms with van der Waals surface area (Å²) in [5, 5.41) is 2.66. The number of hydrogen-bond donors (Lipinski definition) is 2. The molecule has 186 valence electrons. The number of nitrogens with zero attached hydrogens (tertiary/aromatic N) is 1. The average molecular weight is 512 g/mol. The zero-order chi connectivity index (χ0) is 24.9. The van der Waals surface area contributed by atoms with E-state index in [1.807, 2.05) is 0 Å². The third-order valence-corrected chi connectivity index (χ3v) is 8.85. The van der Waals surface area contributed by atoms with Gasteiger partial charge in [0.2, 0.25) is 26.0 Å². The van der Waals surface area contributed by atoms with Gasteiger partial charge in [-0.2, -0.15) is 9.03 Å². The monoisotopic (exact) mass is 511 g/mol. The molecule has 2 aromatic carbocycles. The van der Waals surface area contributed by atoms with Gasteiger partial charge in [-0.1, -0.05) is 12.1 Å². The fourth-order valence-electron chi connectivity index (χ4n) is 3.43. The quantitative estimate of drug-likeness (QED) is 0.514. The van der Waals surface area contributed by atoms with Gasteiger partial charge in [-0.25, -0.2) is 16.8 Å². The zero-order valence-corrected chi connectivity index (χ0v) is 20.9. The molecule has 2 aromatic rings. The van der Waals surface area contributed by atoms with Crippen LogP contribution in [-0.4, -0.2) is 66.5 Å². The first-order valence-corrected chi connectivity index (χ1v) is 13.6. The van der Waals surface area contributed by atoms with E-state index < -0.39 is 32.0 Å². The Balaban J connectivity index is 1.58. The van der Waals surface area contributed by atoms with Gasteiger partial charge >= 0.3 is 0 Å². The Kier molecular flexibility index (Phi) is 8.31. The molecule has 0 aliphatic carbocycles. The molecule has 0 radical (unpaired) electrons. The maximum absolute atomic E-state index is 12.7. The number of sulfonamides is 2. The molecule has 1 heterocycles. The molecule has 0 saturated carbocycles. The molecule has 1 amide bonds. The second-order valence-electron chi connectivity index (χ2n) is 7.85.